The summed E-state index contributed by atoms with van der Waals surface area (Å²) in [6, 6.07) is 17.2. The van der Waals surface area contributed by atoms with Gasteiger partial charge in [-0.15, -0.1) is 12.8 Å². The Morgan fingerprint density at radius 2 is 1.67 bits per heavy atom. The van der Waals surface area contributed by atoms with Gasteiger partial charge < -0.3 is 25.1 Å². The number of terminal acetylenes is 1. The Hall–Kier alpha value is -6.14. The number of hydrogen-bond donors (Lipinski definition) is 3. The highest BCUT2D eigenvalue weighted by molar-refractivity contribution is 5.89. The van der Waals surface area contributed by atoms with Gasteiger partial charge in [0.05, 0.1) is 42.8 Å². The third-order valence-electron chi connectivity index (χ3n) is 9.13. The predicted molar refractivity (Wildman–Crippen MR) is 222 cm³/mol. The van der Waals surface area contributed by atoms with E-state index in [-0.39, 0.29) is 18.0 Å². The number of carbonyl (C=O) groups excluding carboxylic acids is 2. The zero-order valence-corrected chi connectivity index (χ0v) is 31.9. The molecule has 2 aromatic heterocycles. The van der Waals surface area contributed by atoms with Crippen LogP contribution >= 0.6 is 0 Å². The first kappa shape index (κ1) is 40.6. The van der Waals surface area contributed by atoms with Gasteiger partial charge in [0, 0.05) is 18.8 Å². The van der Waals surface area contributed by atoms with Crippen molar-refractivity contribution in [3.8, 4) is 24.1 Å². The maximum atomic E-state index is 13.4. The molecule has 0 saturated heterocycles. The molecule has 1 aliphatic rings. The number of amides is 3. The molecule has 3 N–H and O–H groups in total. The third-order valence-corrected chi connectivity index (χ3v) is 9.13. The molecule has 2 aromatic carbocycles. The molecule has 0 fully saturated rings. The Kier molecular flexibility index (Phi) is 15.6. The van der Waals surface area contributed by atoms with Crippen molar-refractivity contribution in [3.05, 3.63) is 139 Å². The van der Waals surface area contributed by atoms with Crippen LogP contribution in [0.3, 0.4) is 0 Å². The number of urea groups is 1. The van der Waals surface area contributed by atoms with Crippen molar-refractivity contribution in [3.63, 3.8) is 0 Å². The number of aromatic nitrogens is 4. The van der Waals surface area contributed by atoms with E-state index in [4.69, 9.17) is 0 Å². The van der Waals surface area contributed by atoms with Gasteiger partial charge in [-0.2, -0.15) is 0 Å². The topological polar surface area (TPSA) is 110 Å². The van der Waals surface area contributed by atoms with Gasteiger partial charge in [0.1, 0.15) is 11.6 Å². The van der Waals surface area contributed by atoms with Crippen LogP contribution in [0.1, 0.15) is 88.2 Å². The summed E-state index contributed by atoms with van der Waals surface area (Å²) < 4.78 is 0. The first-order valence-electron chi connectivity index (χ1n) is 18.6. The van der Waals surface area contributed by atoms with Gasteiger partial charge in [0.15, 0.2) is 0 Å². The molecular formula is C45H53N7O2. The van der Waals surface area contributed by atoms with Gasteiger partial charge in [0.25, 0.3) is 0 Å². The van der Waals surface area contributed by atoms with E-state index in [1.165, 1.54) is 0 Å². The molecule has 1 atom stereocenters. The van der Waals surface area contributed by atoms with E-state index in [2.05, 4.69) is 76.4 Å². The summed E-state index contributed by atoms with van der Waals surface area (Å²) in [7, 11) is 0. The van der Waals surface area contributed by atoms with Crippen LogP contribution in [-0.4, -0.2) is 54.8 Å². The number of H-pyrrole nitrogens is 2. The SMILES string of the molecule is C#C.C=C(/C=C\C(=C)c1cnc(C(C)N(CCCC)C(=O)CC2=CCCC=C2)[nH]1)c1ccc(-c2cnc(CN(CCC)C(=O)Nc3ccccc3)[nH]2)cc1. The molecule has 9 nitrogen and oxygen atoms in total. The number of anilines is 1. The number of carbonyl (C=O) groups is 2. The number of imidazole rings is 2. The first-order valence-corrected chi connectivity index (χ1v) is 18.6. The van der Waals surface area contributed by atoms with Gasteiger partial charge in [-0.25, -0.2) is 14.8 Å². The average Bonchev–Trinajstić information content (AvgIpc) is 3.89. The lowest BCUT2D eigenvalue weighted by Gasteiger charge is -2.28. The molecule has 0 bridgehead atoms. The van der Waals surface area contributed by atoms with E-state index in [9.17, 15) is 9.59 Å². The number of allylic oxidation sites excluding steroid dienone is 7. The molecule has 9 heteroatoms. The average molecular weight is 724 g/mol. The van der Waals surface area contributed by atoms with E-state index in [1.54, 1.807) is 17.3 Å². The van der Waals surface area contributed by atoms with Crippen molar-refractivity contribution in [2.45, 2.75) is 71.9 Å². The summed E-state index contributed by atoms with van der Waals surface area (Å²) in [5, 5.41) is 2.96. The highest BCUT2D eigenvalue weighted by Gasteiger charge is 2.24. The number of benzene rings is 2. The summed E-state index contributed by atoms with van der Waals surface area (Å²) in [5.41, 5.74) is 7.09. The van der Waals surface area contributed by atoms with Crippen LogP contribution in [0, 0.1) is 12.8 Å². The molecule has 5 rings (SSSR count). The quantitative estimate of drug-likeness (QED) is 0.0744. The molecule has 280 valence electrons. The fraction of sp³-hybridized carbons (Fsp3) is 0.289. The van der Waals surface area contributed by atoms with Crippen LogP contribution in [0.5, 0.6) is 0 Å². The molecule has 3 amide bonds. The van der Waals surface area contributed by atoms with Crippen molar-refractivity contribution >= 4 is 28.8 Å². The highest BCUT2D eigenvalue weighted by Crippen LogP contribution is 2.26. The summed E-state index contributed by atoms with van der Waals surface area (Å²) in [6.07, 6.45) is 27.0. The maximum Gasteiger partial charge on any atom is 0.322 e. The van der Waals surface area contributed by atoms with Crippen molar-refractivity contribution in [1.82, 2.24) is 29.7 Å². The lowest BCUT2D eigenvalue weighted by Crippen LogP contribution is -2.35. The Balaban J connectivity index is 0.00000319. The van der Waals surface area contributed by atoms with Crippen LogP contribution in [0.25, 0.3) is 22.4 Å². The van der Waals surface area contributed by atoms with Crippen LogP contribution in [0.2, 0.25) is 0 Å². The van der Waals surface area contributed by atoms with Crippen molar-refractivity contribution in [2.75, 3.05) is 18.4 Å². The number of hydrogen-bond acceptors (Lipinski definition) is 4. The molecule has 2 heterocycles. The van der Waals surface area contributed by atoms with E-state index in [1.807, 2.05) is 85.5 Å². The summed E-state index contributed by atoms with van der Waals surface area (Å²) in [5.74, 6) is 1.58. The molecule has 1 aliphatic carbocycles. The lowest BCUT2D eigenvalue weighted by molar-refractivity contribution is -0.132. The second-order valence-electron chi connectivity index (χ2n) is 13.2. The number of nitrogens with zero attached hydrogens (tertiary/aromatic N) is 4. The maximum absolute atomic E-state index is 13.4. The molecule has 4 aromatic rings. The number of unbranched alkanes of at least 4 members (excludes halogenated alkanes) is 1. The zero-order valence-electron chi connectivity index (χ0n) is 31.9. The first-order chi connectivity index (χ1) is 26.2. The smallest absolute Gasteiger partial charge is 0.322 e. The van der Waals surface area contributed by atoms with Crippen LogP contribution < -0.4 is 5.32 Å². The molecule has 0 saturated carbocycles. The number of nitrogens with one attached hydrogen (secondary N) is 3. The van der Waals surface area contributed by atoms with Crippen LogP contribution in [0.15, 0.2) is 116 Å². The molecule has 0 radical (unpaired) electrons. The number of rotatable bonds is 17. The lowest BCUT2D eigenvalue weighted by atomic mass is 10.0. The fourth-order valence-electron chi connectivity index (χ4n) is 6.07. The Bertz CT molecular complexity index is 1960. The minimum Gasteiger partial charge on any atom is -0.341 e. The number of aromatic amines is 2. The standard InChI is InChI=1S/C43H51N7O2.C2H2/c1-6-8-26-50(41(51)27-34-15-11-9-12-16-34)33(5)42-45-28-38(48-42)32(4)20-19-31(3)35-21-23-36(24-22-35)39-29-44-40(47-39)30-49(25-7-2)43(52)46-37-17-13-10-14-18-37;1-2/h10-11,13-24,28-29,33H,3-4,6-9,12,25-27,30H2,1-2,5H3,(H,44,47)(H,45,48)(H,46,52);1-2H/b20-19-;. The van der Waals surface area contributed by atoms with Gasteiger partial charge in [-0.1, -0.05) is 106 Å². The molecule has 54 heavy (non-hydrogen) atoms. The summed E-state index contributed by atoms with van der Waals surface area (Å²) in [6.45, 7) is 16.4. The van der Waals surface area contributed by atoms with E-state index in [0.717, 1.165) is 82.8 Å². The van der Waals surface area contributed by atoms with E-state index in [0.29, 0.717) is 31.9 Å². The second-order valence-corrected chi connectivity index (χ2v) is 13.2. The minimum atomic E-state index is -0.188. The monoisotopic (exact) mass is 723 g/mol. The van der Waals surface area contributed by atoms with Crippen molar-refractivity contribution < 1.29 is 9.59 Å². The van der Waals surface area contributed by atoms with E-state index >= 15 is 0 Å². The highest BCUT2D eigenvalue weighted by atomic mass is 16.2. The van der Waals surface area contributed by atoms with Crippen LogP contribution in [-0.2, 0) is 11.3 Å². The number of para-hydroxylation sites is 1. The van der Waals surface area contributed by atoms with Gasteiger partial charge in [-0.05, 0) is 72.6 Å². The van der Waals surface area contributed by atoms with Crippen molar-refractivity contribution in [2.24, 2.45) is 0 Å². The molecular weight excluding hydrogens is 671 g/mol. The fourth-order valence-corrected chi connectivity index (χ4v) is 6.07. The summed E-state index contributed by atoms with van der Waals surface area (Å²) in [4.78, 5) is 46.0. The Morgan fingerprint density at radius 1 is 0.926 bits per heavy atom. The zero-order chi connectivity index (χ0) is 38.9. The molecule has 0 spiro atoms. The predicted octanol–water partition coefficient (Wildman–Crippen LogP) is 10.1. The van der Waals surface area contributed by atoms with Gasteiger partial charge in [0.2, 0.25) is 5.91 Å². The Labute approximate surface area is 320 Å². The van der Waals surface area contributed by atoms with Crippen molar-refractivity contribution in [1.29, 1.82) is 0 Å². The largest absolute Gasteiger partial charge is 0.341 e. The van der Waals surface area contributed by atoms with Gasteiger partial charge >= 0.3 is 6.03 Å². The Morgan fingerprint density at radius 3 is 2.35 bits per heavy atom. The van der Waals surface area contributed by atoms with Gasteiger partial charge in [-0.3, -0.25) is 4.79 Å². The minimum absolute atomic E-state index is 0.118. The molecule has 1 unspecified atom stereocenters. The third kappa shape index (κ3) is 11.4. The van der Waals surface area contributed by atoms with Crippen LogP contribution in [0.4, 0.5) is 10.5 Å². The summed E-state index contributed by atoms with van der Waals surface area (Å²) >= 11 is 0. The molecule has 0 aliphatic heterocycles. The normalized spacial score (nSPS) is 12.6. The van der Waals surface area contributed by atoms with E-state index < -0.39 is 0 Å². The second kappa shape index (κ2) is 20.8.